The van der Waals surface area contributed by atoms with Gasteiger partial charge in [-0.2, -0.15) is 0 Å². The van der Waals surface area contributed by atoms with Gasteiger partial charge in [0.2, 0.25) is 0 Å². The highest BCUT2D eigenvalue weighted by molar-refractivity contribution is 5.40. The summed E-state index contributed by atoms with van der Waals surface area (Å²) >= 11 is 0. The summed E-state index contributed by atoms with van der Waals surface area (Å²) in [5, 5.41) is 10.1. The van der Waals surface area contributed by atoms with Gasteiger partial charge in [0.1, 0.15) is 11.9 Å². The van der Waals surface area contributed by atoms with Gasteiger partial charge >= 0.3 is 0 Å². The Hall–Kier alpha value is -1.02. The van der Waals surface area contributed by atoms with Crippen LogP contribution in [0, 0.1) is 19.3 Å². The lowest BCUT2D eigenvalue weighted by Crippen LogP contribution is -2.59. The molecule has 2 heteroatoms. The lowest BCUT2D eigenvalue weighted by molar-refractivity contribution is -0.160. The second-order valence-corrected chi connectivity index (χ2v) is 5.52. The summed E-state index contributed by atoms with van der Waals surface area (Å²) in [7, 11) is 0. The van der Waals surface area contributed by atoms with Crippen molar-refractivity contribution in [3.05, 3.63) is 29.3 Å². The molecule has 2 unspecified atom stereocenters. The molecule has 0 aromatic heterocycles. The van der Waals surface area contributed by atoms with Gasteiger partial charge in [-0.3, -0.25) is 0 Å². The first-order valence-electron chi connectivity index (χ1n) is 6.96. The summed E-state index contributed by atoms with van der Waals surface area (Å²) in [4.78, 5) is 0. The van der Waals surface area contributed by atoms with Gasteiger partial charge in [0.15, 0.2) is 0 Å². The Kier molecular flexibility index (Phi) is 3.67. The lowest BCUT2D eigenvalue weighted by Gasteiger charge is -2.52. The van der Waals surface area contributed by atoms with E-state index in [0.717, 1.165) is 25.0 Å². The molecule has 0 saturated heterocycles. The third kappa shape index (κ3) is 1.93. The van der Waals surface area contributed by atoms with Crippen LogP contribution in [0.25, 0.3) is 0 Å². The molecule has 0 amide bonds. The Bertz CT molecular complexity index is 401. The van der Waals surface area contributed by atoms with E-state index in [1.165, 1.54) is 11.1 Å². The molecule has 1 aliphatic carbocycles. The van der Waals surface area contributed by atoms with Gasteiger partial charge in [0, 0.05) is 11.8 Å². The number of hydrogen-bond acceptors (Lipinski definition) is 2. The van der Waals surface area contributed by atoms with E-state index in [9.17, 15) is 5.11 Å². The molecule has 1 aromatic rings. The number of benzene rings is 1. The van der Waals surface area contributed by atoms with Gasteiger partial charge in [-0.15, -0.1) is 0 Å². The molecule has 1 aliphatic rings. The topological polar surface area (TPSA) is 29.5 Å². The number of hydrogen-bond donors (Lipinski definition) is 1. The Balaban J connectivity index is 2.20. The van der Waals surface area contributed by atoms with E-state index in [1.807, 2.05) is 0 Å². The van der Waals surface area contributed by atoms with Crippen LogP contribution in [0.1, 0.15) is 44.2 Å². The van der Waals surface area contributed by atoms with Gasteiger partial charge in [0.25, 0.3) is 0 Å². The maximum atomic E-state index is 10.1. The molecule has 0 radical (unpaired) electrons. The first-order chi connectivity index (χ1) is 8.55. The summed E-state index contributed by atoms with van der Waals surface area (Å²) in [5.41, 5.74) is 2.31. The van der Waals surface area contributed by atoms with Gasteiger partial charge in [0.05, 0.1) is 6.10 Å². The highest BCUT2D eigenvalue weighted by Crippen LogP contribution is 2.49. The van der Waals surface area contributed by atoms with Crippen molar-refractivity contribution in [3.8, 4) is 5.75 Å². The zero-order chi connectivity index (χ0) is 13.3. The molecule has 2 nitrogen and oxygen atoms in total. The molecule has 0 spiro atoms. The van der Waals surface area contributed by atoms with Crippen molar-refractivity contribution < 1.29 is 9.84 Å². The van der Waals surface area contributed by atoms with E-state index >= 15 is 0 Å². The average molecular weight is 248 g/mol. The quantitative estimate of drug-likeness (QED) is 0.881. The molecule has 1 fully saturated rings. The molecule has 100 valence electrons. The number of rotatable bonds is 4. The molecule has 2 atom stereocenters. The molecule has 1 N–H and O–H groups in total. The summed E-state index contributed by atoms with van der Waals surface area (Å²) in [6.07, 6.45) is 2.65. The van der Waals surface area contributed by atoms with Crippen LogP contribution in [0.3, 0.4) is 0 Å². The third-order valence-corrected chi connectivity index (χ3v) is 4.73. The lowest BCUT2D eigenvalue weighted by atomic mass is 9.60. The maximum Gasteiger partial charge on any atom is 0.125 e. The fourth-order valence-electron chi connectivity index (χ4n) is 3.20. The van der Waals surface area contributed by atoms with Crippen LogP contribution in [-0.4, -0.2) is 17.3 Å². The number of para-hydroxylation sites is 1. The van der Waals surface area contributed by atoms with Crippen LogP contribution in [-0.2, 0) is 0 Å². The Labute approximate surface area is 110 Å². The monoisotopic (exact) mass is 248 g/mol. The Morgan fingerprint density at radius 2 is 1.78 bits per heavy atom. The molecule has 0 bridgehead atoms. The van der Waals surface area contributed by atoms with Crippen molar-refractivity contribution in [3.63, 3.8) is 0 Å². The van der Waals surface area contributed by atoms with Crippen LogP contribution in [0.5, 0.6) is 5.75 Å². The first-order valence-corrected chi connectivity index (χ1v) is 6.96. The van der Waals surface area contributed by atoms with Crippen molar-refractivity contribution in [1.29, 1.82) is 0 Å². The fourth-order valence-corrected chi connectivity index (χ4v) is 3.20. The number of aliphatic hydroxyl groups excluding tert-OH is 1. The molecule has 0 aliphatic heterocycles. The standard InChI is InChI=1S/C16H24O2/c1-5-16(6-2)13(17)10-14(16)18-15-11(3)8-7-9-12(15)4/h7-9,13-14,17H,5-6,10H2,1-4H3. The average Bonchev–Trinajstić information content (AvgIpc) is 2.34. The Morgan fingerprint density at radius 1 is 1.22 bits per heavy atom. The van der Waals surface area contributed by atoms with Crippen LogP contribution in [0.4, 0.5) is 0 Å². The van der Waals surface area contributed by atoms with E-state index < -0.39 is 0 Å². The van der Waals surface area contributed by atoms with E-state index in [-0.39, 0.29) is 17.6 Å². The van der Waals surface area contributed by atoms with Gasteiger partial charge in [-0.05, 0) is 37.8 Å². The normalized spacial score (nSPS) is 25.6. The van der Waals surface area contributed by atoms with Crippen molar-refractivity contribution >= 4 is 0 Å². The van der Waals surface area contributed by atoms with Crippen molar-refractivity contribution in [2.75, 3.05) is 0 Å². The highest BCUT2D eigenvalue weighted by Gasteiger charge is 2.53. The predicted molar refractivity (Wildman–Crippen MR) is 74.0 cm³/mol. The predicted octanol–water partition coefficient (Wildman–Crippen LogP) is 3.62. The number of ether oxygens (including phenoxy) is 1. The molecule has 18 heavy (non-hydrogen) atoms. The van der Waals surface area contributed by atoms with Gasteiger partial charge in [-0.25, -0.2) is 0 Å². The molecule has 1 aromatic carbocycles. The van der Waals surface area contributed by atoms with Crippen molar-refractivity contribution in [1.82, 2.24) is 0 Å². The Morgan fingerprint density at radius 3 is 2.22 bits per heavy atom. The summed E-state index contributed by atoms with van der Waals surface area (Å²) < 4.78 is 6.22. The molecular weight excluding hydrogens is 224 g/mol. The van der Waals surface area contributed by atoms with Gasteiger partial charge in [-0.1, -0.05) is 32.0 Å². The molecular formula is C16H24O2. The van der Waals surface area contributed by atoms with Crippen molar-refractivity contribution in [2.45, 2.75) is 59.2 Å². The molecule has 1 saturated carbocycles. The maximum absolute atomic E-state index is 10.1. The minimum atomic E-state index is -0.207. The van der Waals surface area contributed by atoms with E-state index in [2.05, 4.69) is 45.9 Å². The van der Waals surface area contributed by atoms with Crippen LogP contribution in [0.15, 0.2) is 18.2 Å². The van der Waals surface area contributed by atoms with E-state index in [0.29, 0.717) is 0 Å². The van der Waals surface area contributed by atoms with Gasteiger partial charge < -0.3 is 9.84 Å². The minimum absolute atomic E-state index is 0.0469. The summed E-state index contributed by atoms with van der Waals surface area (Å²) in [6, 6.07) is 6.22. The van der Waals surface area contributed by atoms with E-state index in [4.69, 9.17) is 4.74 Å². The minimum Gasteiger partial charge on any atom is -0.489 e. The highest BCUT2D eigenvalue weighted by atomic mass is 16.5. The van der Waals surface area contributed by atoms with Crippen LogP contribution in [0.2, 0.25) is 0 Å². The molecule has 2 rings (SSSR count). The van der Waals surface area contributed by atoms with E-state index in [1.54, 1.807) is 0 Å². The third-order valence-electron chi connectivity index (χ3n) is 4.73. The smallest absolute Gasteiger partial charge is 0.125 e. The largest absolute Gasteiger partial charge is 0.489 e. The van der Waals surface area contributed by atoms with Crippen molar-refractivity contribution in [2.24, 2.45) is 5.41 Å². The first kappa shape index (κ1) is 13.4. The second-order valence-electron chi connectivity index (χ2n) is 5.52. The number of aliphatic hydroxyl groups is 1. The number of aryl methyl sites for hydroxylation is 2. The summed E-state index contributed by atoms with van der Waals surface area (Å²) in [5.74, 6) is 1.00. The fraction of sp³-hybridized carbons (Fsp3) is 0.625. The zero-order valence-corrected chi connectivity index (χ0v) is 11.9. The van der Waals surface area contributed by atoms with Crippen LogP contribution < -0.4 is 4.74 Å². The SMILES string of the molecule is CCC1(CC)C(O)CC1Oc1c(C)cccc1C. The molecule has 0 heterocycles. The van der Waals surface area contributed by atoms with Crippen LogP contribution >= 0.6 is 0 Å². The zero-order valence-electron chi connectivity index (χ0n) is 11.9. The summed E-state index contributed by atoms with van der Waals surface area (Å²) in [6.45, 7) is 8.45. The second kappa shape index (κ2) is 4.93.